The lowest BCUT2D eigenvalue weighted by atomic mass is 9.77. The molecular formula is C22H26BBrN2O4. The highest BCUT2D eigenvalue weighted by Crippen LogP contribution is 2.38. The Bertz CT molecular complexity index is 902. The van der Waals surface area contributed by atoms with E-state index in [4.69, 9.17) is 14.0 Å². The number of pyridine rings is 1. The van der Waals surface area contributed by atoms with Crippen LogP contribution < -0.4 is 5.32 Å². The standard InChI is InChI=1S/C22H26BBrN2O4/c1-21(2)22(3,4)30-23(29-21)18(12-17-10-11-25-19(24)13-17)14-26-20(27)28-15-16-8-6-5-7-9-16/h5-13H,14-15H2,1-4H3,(H,26,27). The van der Waals surface area contributed by atoms with Crippen LogP contribution in [0.15, 0.2) is 58.7 Å². The van der Waals surface area contributed by atoms with Crippen molar-refractivity contribution in [1.82, 2.24) is 10.3 Å². The molecule has 3 rings (SSSR count). The fraction of sp³-hybridized carbons (Fsp3) is 0.364. The van der Waals surface area contributed by atoms with Gasteiger partial charge < -0.3 is 19.4 Å². The average Bonchev–Trinajstić information content (AvgIpc) is 2.91. The maximum absolute atomic E-state index is 12.2. The van der Waals surface area contributed by atoms with Crippen molar-refractivity contribution in [1.29, 1.82) is 0 Å². The van der Waals surface area contributed by atoms with Gasteiger partial charge in [-0.25, -0.2) is 9.78 Å². The summed E-state index contributed by atoms with van der Waals surface area (Å²) in [5.74, 6) is 0. The lowest BCUT2D eigenvalue weighted by Gasteiger charge is -2.32. The number of carbonyl (C=O) groups is 1. The van der Waals surface area contributed by atoms with Crippen molar-refractivity contribution >= 4 is 35.2 Å². The number of benzene rings is 1. The maximum Gasteiger partial charge on any atom is 0.492 e. The zero-order valence-electron chi connectivity index (χ0n) is 17.6. The SMILES string of the molecule is CC1(C)OB(C(=Cc2ccnc(Br)c2)CNC(=O)OCc2ccccc2)OC1(C)C. The molecule has 0 aliphatic carbocycles. The molecule has 1 N–H and O–H groups in total. The van der Waals surface area contributed by atoms with Crippen LogP contribution in [0.3, 0.4) is 0 Å². The number of carbonyl (C=O) groups excluding carboxylic acids is 1. The maximum atomic E-state index is 12.2. The van der Waals surface area contributed by atoms with Gasteiger partial charge in [-0.15, -0.1) is 0 Å². The van der Waals surface area contributed by atoms with Crippen molar-refractivity contribution in [2.75, 3.05) is 6.54 Å². The van der Waals surface area contributed by atoms with E-state index in [1.54, 1.807) is 6.20 Å². The normalized spacial score (nSPS) is 17.6. The van der Waals surface area contributed by atoms with Crippen LogP contribution in [0.1, 0.15) is 38.8 Å². The number of nitrogens with zero attached hydrogens (tertiary/aromatic N) is 1. The molecule has 1 aromatic heterocycles. The minimum atomic E-state index is -0.587. The van der Waals surface area contributed by atoms with E-state index >= 15 is 0 Å². The zero-order chi connectivity index (χ0) is 21.8. The van der Waals surface area contributed by atoms with Crippen LogP contribution >= 0.6 is 15.9 Å². The van der Waals surface area contributed by atoms with Gasteiger partial charge in [0.25, 0.3) is 0 Å². The van der Waals surface area contributed by atoms with Crippen molar-refractivity contribution in [3.05, 3.63) is 69.9 Å². The summed E-state index contributed by atoms with van der Waals surface area (Å²) in [7, 11) is -0.587. The minimum absolute atomic E-state index is 0.208. The zero-order valence-corrected chi connectivity index (χ0v) is 19.2. The summed E-state index contributed by atoms with van der Waals surface area (Å²) in [6.45, 7) is 8.42. The van der Waals surface area contributed by atoms with Gasteiger partial charge in [0.2, 0.25) is 0 Å². The molecule has 1 aliphatic rings. The third kappa shape index (κ3) is 5.71. The van der Waals surface area contributed by atoms with Crippen LogP contribution in [0.2, 0.25) is 0 Å². The molecule has 1 aliphatic heterocycles. The summed E-state index contributed by atoms with van der Waals surface area (Å²) < 4.78 is 18.4. The molecule has 0 atom stereocenters. The van der Waals surface area contributed by atoms with E-state index in [0.29, 0.717) is 0 Å². The Balaban J connectivity index is 1.71. The van der Waals surface area contributed by atoms with Crippen molar-refractivity contribution < 1.29 is 18.8 Å². The molecule has 1 aromatic carbocycles. The van der Waals surface area contributed by atoms with Crippen molar-refractivity contribution in [3.63, 3.8) is 0 Å². The summed E-state index contributed by atoms with van der Waals surface area (Å²) in [6, 6.07) is 13.3. The molecule has 0 bridgehead atoms. The third-order valence-corrected chi connectivity index (χ3v) is 5.74. The van der Waals surface area contributed by atoms with Gasteiger partial charge in [0, 0.05) is 12.7 Å². The highest BCUT2D eigenvalue weighted by atomic mass is 79.9. The molecule has 2 heterocycles. The Kier molecular flexibility index (Phi) is 7.00. The average molecular weight is 473 g/mol. The Hall–Kier alpha value is -2.16. The number of amides is 1. The summed E-state index contributed by atoms with van der Waals surface area (Å²) in [4.78, 5) is 16.4. The van der Waals surface area contributed by atoms with Crippen molar-refractivity contribution in [2.45, 2.75) is 45.5 Å². The second-order valence-electron chi connectivity index (χ2n) is 8.13. The first-order valence-electron chi connectivity index (χ1n) is 9.78. The second-order valence-corrected chi connectivity index (χ2v) is 8.95. The second kappa shape index (κ2) is 9.33. The van der Waals surface area contributed by atoms with Gasteiger partial charge in [-0.2, -0.15) is 0 Å². The monoisotopic (exact) mass is 472 g/mol. The van der Waals surface area contributed by atoms with Gasteiger partial charge in [-0.05, 0) is 72.4 Å². The van der Waals surface area contributed by atoms with Crippen LogP contribution in [-0.2, 0) is 20.7 Å². The molecule has 30 heavy (non-hydrogen) atoms. The predicted molar refractivity (Wildman–Crippen MR) is 121 cm³/mol. The first-order chi connectivity index (χ1) is 14.2. The Morgan fingerprint density at radius 1 is 1.17 bits per heavy atom. The van der Waals surface area contributed by atoms with Crippen LogP contribution in [0.25, 0.3) is 6.08 Å². The topological polar surface area (TPSA) is 69.7 Å². The lowest BCUT2D eigenvalue weighted by molar-refractivity contribution is 0.00578. The van der Waals surface area contributed by atoms with Gasteiger partial charge in [-0.3, -0.25) is 0 Å². The van der Waals surface area contributed by atoms with Gasteiger partial charge in [0.05, 0.1) is 11.2 Å². The van der Waals surface area contributed by atoms with E-state index in [9.17, 15) is 4.79 Å². The van der Waals surface area contributed by atoms with E-state index < -0.39 is 24.4 Å². The number of halogens is 1. The quantitative estimate of drug-likeness (QED) is 0.483. The molecule has 8 heteroatoms. The summed E-state index contributed by atoms with van der Waals surface area (Å²) >= 11 is 3.38. The third-order valence-electron chi connectivity index (χ3n) is 5.31. The molecule has 0 spiro atoms. The van der Waals surface area contributed by atoms with Crippen LogP contribution in [0.5, 0.6) is 0 Å². The molecule has 0 saturated carbocycles. The number of alkyl carbamates (subject to hydrolysis) is 1. The first kappa shape index (κ1) is 22.5. The fourth-order valence-corrected chi connectivity index (χ4v) is 3.25. The summed E-state index contributed by atoms with van der Waals surface area (Å²) in [6.07, 6.45) is 3.14. The number of hydrogen-bond donors (Lipinski definition) is 1. The van der Waals surface area contributed by atoms with Crippen molar-refractivity contribution in [2.24, 2.45) is 0 Å². The molecule has 6 nitrogen and oxygen atoms in total. The number of ether oxygens (including phenoxy) is 1. The highest BCUT2D eigenvalue weighted by molar-refractivity contribution is 9.10. The number of rotatable bonds is 6. The lowest BCUT2D eigenvalue weighted by Crippen LogP contribution is -2.41. The highest BCUT2D eigenvalue weighted by Gasteiger charge is 2.52. The largest absolute Gasteiger partial charge is 0.492 e. The number of hydrogen-bond acceptors (Lipinski definition) is 5. The summed E-state index contributed by atoms with van der Waals surface area (Å²) in [5, 5.41) is 2.80. The molecule has 1 fully saturated rings. The van der Waals surface area contributed by atoms with Gasteiger partial charge in [0.1, 0.15) is 11.2 Å². The Labute approximate surface area is 186 Å². The van der Waals surface area contributed by atoms with Crippen LogP contribution in [0.4, 0.5) is 4.79 Å². The molecule has 2 aromatic rings. The van der Waals surface area contributed by atoms with Crippen LogP contribution in [-0.4, -0.2) is 35.9 Å². The molecule has 158 valence electrons. The fourth-order valence-electron chi connectivity index (χ4n) is 2.87. The molecule has 0 unspecified atom stereocenters. The van der Waals surface area contributed by atoms with E-state index in [1.807, 2.05) is 76.2 Å². The van der Waals surface area contributed by atoms with E-state index in [1.165, 1.54) is 0 Å². The number of aromatic nitrogens is 1. The molecule has 1 saturated heterocycles. The Morgan fingerprint density at radius 3 is 2.47 bits per heavy atom. The first-order valence-corrected chi connectivity index (χ1v) is 10.6. The van der Waals surface area contributed by atoms with E-state index in [-0.39, 0.29) is 13.2 Å². The van der Waals surface area contributed by atoms with Gasteiger partial charge in [0.15, 0.2) is 0 Å². The van der Waals surface area contributed by atoms with Crippen LogP contribution in [0, 0.1) is 0 Å². The smallest absolute Gasteiger partial charge is 0.445 e. The predicted octanol–water partition coefficient (Wildman–Crippen LogP) is 4.79. The van der Waals surface area contributed by atoms with Gasteiger partial charge >= 0.3 is 13.2 Å². The summed E-state index contributed by atoms with van der Waals surface area (Å²) in [5.41, 5.74) is 1.66. The van der Waals surface area contributed by atoms with Crippen molar-refractivity contribution in [3.8, 4) is 0 Å². The Morgan fingerprint density at radius 2 is 1.83 bits per heavy atom. The minimum Gasteiger partial charge on any atom is -0.445 e. The van der Waals surface area contributed by atoms with E-state index in [2.05, 4.69) is 26.2 Å². The number of nitrogens with one attached hydrogen (secondary N) is 1. The molecular weight excluding hydrogens is 447 g/mol. The molecule has 1 amide bonds. The molecule has 0 radical (unpaired) electrons. The van der Waals surface area contributed by atoms with E-state index in [0.717, 1.165) is 21.2 Å². The van der Waals surface area contributed by atoms with Gasteiger partial charge in [-0.1, -0.05) is 36.4 Å².